The molecule has 1 nitrogen and oxygen atoms in total. The molecule has 2 rings (SSSR count). The minimum atomic E-state index is -0.0361. The van der Waals surface area contributed by atoms with Crippen LogP contribution in [0.25, 0.3) is 0 Å². The van der Waals surface area contributed by atoms with Gasteiger partial charge in [-0.3, -0.25) is 4.79 Å². The van der Waals surface area contributed by atoms with E-state index in [0.717, 1.165) is 5.56 Å². The van der Waals surface area contributed by atoms with Crippen LogP contribution in [-0.4, -0.2) is 5.78 Å². The highest BCUT2D eigenvalue weighted by molar-refractivity contribution is 6.35. The monoisotopic (exact) mass is 272 g/mol. The molecular weight excluding hydrogens is 256 g/mol. The Kier molecular flexibility index (Phi) is 3.77. The van der Waals surface area contributed by atoms with Gasteiger partial charge in [0.25, 0.3) is 0 Å². The zero-order valence-electron chi connectivity index (χ0n) is 11.4. The fourth-order valence-electron chi connectivity index (χ4n) is 1.91. The second kappa shape index (κ2) is 5.18. The standard InChI is InChI=1S/C17H17ClO/c1-17(2,3)13-9-10-14(15(18)11-13)16(19)12-7-5-4-6-8-12/h4-11H,1-3H3. The van der Waals surface area contributed by atoms with Crippen molar-refractivity contribution in [2.75, 3.05) is 0 Å². The first-order valence-electron chi connectivity index (χ1n) is 6.29. The molecule has 0 spiro atoms. The van der Waals surface area contributed by atoms with Crippen molar-refractivity contribution in [3.63, 3.8) is 0 Å². The highest BCUT2D eigenvalue weighted by atomic mass is 35.5. The molecule has 0 bridgehead atoms. The summed E-state index contributed by atoms with van der Waals surface area (Å²) in [7, 11) is 0. The van der Waals surface area contributed by atoms with Crippen molar-refractivity contribution in [1.29, 1.82) is 0 Å². The third-order valence-electron chi connectivity index (χ3n) is 3.12. The van der Waals surface area contributed by atoms with Gasteiger partial charge in [-0.1, -0.05) is 68.8 Å². The summed E-state index contributed by atoms with van der Waals surface area (Å²) in [6, 6.07) is 14.9. The molecule has 0 amide bonds. The first-order valence-corrected chi connectivity index (χ1v) is 6.67. The molecule has 0 heterocycles. The van der Waals surface area contributed by atoms with Crippen molar-refractivity contribution in [3.8, 4) is 0 Å². The van der Waals surface area contributed by atoms with Crippen LogP contribution < -0.4 is 0 Å². The highest BCUT2D eigenvalue weighted by Crippen LogP contribution is 2.28. The van der Waals surface area contributed by atoms with Crippen molar-refractivity contribution >= 4 is 17.4 Å². The van der Waals surface area contributed by atoms with E-state index in [1.807, 2.05) is 36.4 Å². The molecule has 0 aliphatic heterocycles. The Balaban J connectivity index is 2.40. The van der Waals surface area contributed by atoms with E-state index < -0.39 is 0 Å². The third-order valence-corrected chi connectivity index (χ3v) is 3.43. The first kappa shape index (κ1) is 13.8. The number of hydrogen-bond donors (Lipinski definition) is 0. The van der Waals surface area contributed by atoms with Gasteiger partial charge in [0.05, 0.1) is 5.02 Å². The van der Waals surface area contributed by atoms with Gasteiger partial charge in [0.1, 0.15) is 0 Å². The van der Waals surface area contributed by atoms with E-state index in [4.69, 9.17) is 11.6 Å². The van der Waals surface area contributed by atoms with Crippen molar-refractivity contribution < 1.29 is 4.79 Å². The van der Waals surface area contributed by atoms with Gasteiger partial charge in [-0.25, -0.2) is 0 Å². The van der Waals surface area contributed by atoms with Gasteiger partial charge in [0.2, 0.25) is 0 Å². The molecule has 0 aliphatic carbocycles. The minimum Gasteiger partial charge on any atom is -0.289 e. The fraction of sp³-hybridized carbons (Fsp3) is 0.235. The van der Waals surface area contributed by atoms with Crippen molar-refractivity contribution in [3.05, 3.63) is 70.2 Å². The number of hydrogen-bond acceptors (Lipinski definition) is 1. The summed E-state index contributed by atoms with van der Waals surface area (Å²) in [6.07, 6.45) is 0. The zero-order valence-corrected chi connectivity index (χ0v) is 12.2. The molecule has 0 unspecified atom stereocenters. The van der Waals surface area contributed by atoms with Crippen LogP contribution >= 0.6 is 11.6 Å². The quantitative estimate of drug-likeness (QED) is 0.713. The van der Waals surface area contributed by atoms with Crippen LogP contribution in [0.5, 0.6) is 0 Å². The molecule has 0 saturated heterocycles. The predicted molar refractivity (Wildman–Crippen MR) is 80.0 cm³/mol. The van der Waals surface area contributed by atoms with Gasteiger partial charge in [0, 0.05) is 11.1 Å². The minimum absolute atomic E-state index is 0.0258. The van der Waals surface area contributed by atoms with Crippen LogP contribution in [-0.2, 0) is 5.41 Å². The van der Waals surface area contributed by atoms with Crippen molar-refractivity contribution in [1.82, 2.24) is 0 Å². The lowest BCUT2D eigenvalue weighted by molar-refractivity contribution is 0.103. The number of ketones is 1. The summed E-state index contributed by atoms with van der Waals surface area (Å²) < 4.78 is 0. The Hall–Kier alpha value is -1.60. The van der Waals surface area contributed by atoms with Crippen molar-refractivity contribution in [2.24, 2.45) is 0 Å². The molecule has 0 radical (unpaired) electrons. The van der Waals surface area contributed by atoms with Gasteiger partial charge in [-0.15, -0.1) is 0 Å². The summed E-state index contributed by atoms with van der Waals surface area (Å²) in [5, 5.41) is 0.515. The Morgan fingerprint density at radius 3 is 2.16 bits per heavy atom. The van der Waals surface area contributed by atoms with E-state index in [9.17, 15) is 4.79 Å². The van der Waals surface area contributed by atoms with E-state index in [1.54, 1.807) is 12.1 Å². The molecular formula is C17H17ClO. The molecule has 0 saturated carbocycles. The van der Waals surface area contributed by atoms with Crippen LogP contribution in [0.3, 0.4) is 0 Å². The fourth-order valence-corrected chi connectivity index (χ4v) is 2.18. The van der Waals surface area contributed by atoms with Gasteiger partial charge in [-0.05, 0) is 23.1 Å². The summed E-state index contributed by atoms with van der Waals surface area (Å²) in [5.74, 6) is -0.0361. The lowest BCUT2D eigenvalue weighted by Gasteiger charge is -2.19. The number of halogens is 1. The lowest BCUT2D eigenvalue weighted by Crippen LogP contribution is -2.12. The van der Waals surface area contributed by atoms with E-state index in [2.05, 4.69) is 20.8 Å². The molecule has 2 aromatic rings. The van der Waals surface area contributed by atoms with E-state index in [0.29, 0.717) is 16.1 Å². The molecule has 0 aliphatic rings. The van der Waals surface area contributed by atoms with Gasteiger partial charge >= 0.3 is 0 Å². The van der Waals surface area contributed by atoms with Crippen molar-refractivity contribution in [2.45, 2.75) is 26.2 Å². The Bertz CT molecular complexity index is 594. The van der Waals surface area contributed by atoms with Crippen LogP contribution in [0.2, 0.25) is 5.02 Å². The Morgan fingerprint density at radius 2 is 1.63 bits per heavy atom. The number of rotatable bonds is 2. The molecule has 0 aromatic heterocycles. The molecule has 2 heteroatoms. The van der Waals surface area contributed by atoms with Gasteiger partial charge < -0.3 is 0 Å². The molecule has 19 heavy (non-hydrogen) atoms. The summed E-state index contributed by atoms with van der Waals surface area (Å²) in [4.78, 5) is 12.3. The molecule has 0 fully saturated rings. The first-order chi connectivity index (χ1) is 8.89. The zero-order chi connectivity index (χ0) is 14.0. The largest absolute Gasteiger partial charge is 0.289 e. The smallest absolute Gasteiger partial charge is 0.194 e. The number of benzene rings is 2. The van der Waals surface area contributed by atoms with E-state index in [1.165, 1.54) is 0 Å². The Labute approximate surface area is 119 Å². The van der Waals surface area contributed by atoms with Crippen LogP contribution in [0.15, 0.2) is 48.5 Å². The Morgan fingerprint density at radius 1 is 1.00 bits per heavy atom. The third kappa shape index (κ3) is 3.05. The summed E-state index contributed by atoms with van der Waals surface area (Å²) in [6.45, 7) is 6.37. The number of carbonyl (C=O) groups excluding carboxylic acids is 1. The van der Waals surface area contributed by atoms with E-state index in [-0.39, 0.29) is 11.2 Å². The normalized spacial score (nSPS) is 11.4. The van der Waals surface area contributed by atoms with Crippen LogP contribution in [0.4, 0.5) is 0 Å². The van der Waals surface area contributed by atoms with Gasteiger partial charge in [-0.2, -0.15) is 0 Å². The SMILES string of the molecule is CC(C)(C)c1ccc(C(=O)c2ccccc2)c(Cl)c1. The lowest BCUT2D eigenvalue weighted by atomic mass is 9.86. The molecule has 98 valence electrons. The summed E-state index contributed by atoms with van der Waals surface area (Å²) >= 11 is 6.26. The topological polar surface area (TPSA) is 17.1 Å². The second-order valence-electron chi connectivity index (χ2n) is 5.64. The van der Waals surface area contributed by atoms with Crippen LogP contribution in [0.1, 0.15) is 42.3 Å². The molecule has 0 atom stereocenters. The maximum atomic E-state index is 12.3. The maximum absolute atomic E-state index is 12.3. The number of carbonyl (C=O) groups is 1. The van der Waals surface area contributed by atoms with Gasteiger partial charge in [0.15, 0.2) is 5.78 Å². The predicted octanol–water partition coefficient (Wildman–Crippen LogP) is 4.87. The maximum Gasteiger partial charge on any atom is 0.194 e. The molecule has 2 aromatic carbocycles. The average molecular weight is 273 g/mol. The average Bonchev–Trinajstić information content (AvgIpc) is 2.38. The molecule has 0 N–H and O–H groups in total. The van der Waals surface area contributed by atoms with Crippen LogP contribution in [0, 0.1) is 0 Å². The highest BCUT2D eigenvalue weighted by Gasteiger charge is 2.18. The van der Waals surface area contributed by atoms with E-state index >= 15 is 0 Å². The summed E-state index contributed by atoms with van der Waals surface area (Å²) in [5.41, 5.74) is 2.37. The second-order valence-corrected chi connectivity index (χ2v) is 6.05.